The monoisotopic (exact) mass is 971 g/mol. The summed E-state index contributed by atoms with van der Waals surface area (Å²) < 4.78 is 31.7. The van der Waals surface area contributed by atoms with E-state index in [9.17, 15) is 92.1 Å². The van der Waals surface area contributed by atoms with Gasteiger partial charge in [0.15, 0.2) is 6.04 Å². The quantitative estimate of drug-likeness (QED) is 0.0458. The van der Waals surface area contributed by atoms with Crippen LogP contribution in [0.3, 0.4) is 0 Å². The number of aliphatic carboxylic acids is 2. The number of carbonyl (C=O) groups is 10. The van der Waals surface area contributed by atoms with E-state index in [4.69, 9.17) is 21.4 Å². The van der Waals surface area contributed by atoms with Crippen molar-refractivity contribution in [2.45, 2.75) is 126 Å². The van der Waals surface area contributed by atoms with E-state index in [1.165, 1.54) is 31.2 Å². The molecule has 27 nitrogen and oxygen atoms in total. The molecule has 0 bridgehead atoms. The molecule has 12 atom stereocenters. The zero-order valence-corrected chi connectivity index (χ0v) is 36.3. The first kappa shape index (κ1) is 60.3. The van der Waals surface area contributed by atoms with Crippen LogP contribution in [0.4, 0.5) is 13.2 Å². The summed E-state index contributed by atoms with van der Waals surface area (Å²) in [5.41, 5.74) is 11.1. The maximum atomic E-state index is 13.6. The number of aliphatic hydroxyl groups excluding tert-OH is 5. The predicted octanol–water partition coefficient (Wildman–Crippen LogP) is -7.22. The van der Waals surface area contributed by atoms with Crippen molar-refractivity contribution in [2.24, 2.45) is 11.5 Å². The van der Waals surface area contributed by atoms with Gasteiger partial charge in [-0.3, -0.25) is 38.4 Å². The number of nitrogens with two attached hydrogens (primary N) is 2. The van der Waals surface area contributed by atoms with Gasteiger partial charge in [0.05, 0.1) is 43.5 Å². The topological polar surface area (TPSA) is 469 Å². The van der Waals surface area contributed by atoms with Gasteiger partial charge in [-0.05, 0) is 52.3 Å². The molecule has 0 heterocycles. The molecule has 1 aromatic rings. The molecule has 0 radical (unpaired) electrons. The van der Waals surface area contributed by atoms with Gasteiger partial charge in [0.2, 0.25) is 47.3 Å². The van der Waals surface area contributed by atoms with Crippen LogP contribution in [0.1, 0.15) is 46.6 Å². The van der Waals surface area contributed by atoms with E-state index in [2.05, 4.69) is 37.2 Å². The maximum Gasteiger partial charge on any atom is 0.490 e. The fourth-order valence-electron chi connectivity index (χ4n) is 5.12. The predicted molar refractivity (Wildman–Crippen MR) is 218 cm³/mol. The summed E-state index contributed by atoms with van der Waals surface area (Å²) in [6.45, 7) is 4.53. The minimum atomic E-state index is -5.08. The Kier molecular flexibility index (Phi) is 24.9. The first-order valence-electron chi connectivity index (χ1n) is 19.6. The summed E-state index contributed by atoms with van der Waals surface area (Å²) in [4.78, 5) is 124. The molecule has 0 saturated heterocycles. The Bertz CT molecular complexity index is 1900. The van der Waals surface area contributed by atoms with E-state index in [0.29, 0.717) is 5.56 Å². The maximum absolute atomic E-state index is 13.6. The van der Waals surface area contributed by atoms with Crippen LogP contribution in [-0.4, -0.2) is 186 Å². The summed E-state index contributed by atoms with van der Waals surface area (Å²) >= 11 is 0. The number of carbonyl (C=O) groups excluding carboxylic acids is 8. The number of amides is 8. The number of hydrogen-bond donors (Lipinski definition) is 17. The number of carboxylic acid groups (broad SMARTS) is 2. The molecule has 0 unspecified atom stereocenters. The van der Waals surface area contributed by atoms with Gasteiger partial charge < -0.3 is 89.5 Å². The highest BCUT2D eigenvalue weighted by molar-refractivity contribution is 5.99. The van der Waals surface area contributed by atoms with Gasteiger partial charge in [-0.2, -0.15) is 13.2 Å². The second kappa shape index (κ2) is 27.7. The second-order valence-corrected chi connectivity index (χ2v) is 14.7. The molecular formula is C37H56F3N9O18. The van der Waals surface area contributed by atoms with Gasteiger partial charge in [-0.1, -0.05) is 12.1 Å². The summed E-state index contributed by atoms with van der Waals surface area (Å²) in [5, 5.41) is 91.6. The molecule has 1 aromatic carbocycles. The third kappa shape index (κ3) is 21.4. The minimum absolute atomic E-state index is 0.152. The average Bonchev–Trinajstić information content (AvgIpc) is 3.20. The lowest BCUT2D eigenvalue weighted by Crippen LogP contribution is -2.64. The van der Waals surface area contributed by atoms with Crippen LogP contribution in [0.15, 0.2) is 24.3 Å². The highest BCUT2D eigenvalue weighted by atomic mass is 19.4. The zero-order chi connectivity index (χ0) is 52.3. The molecule has 0 fully saturated rings. The van der Waals surface area contributed by atoms with Crippen molar-refractivity contribution >= 4 is 59.2 Å². The SMILES string of the molecule is C[C@H](N)C(=O)N[C@@H](CO)C(=O)N[C@H](C(=O)N[C@H](C(=O)N[C@H](C(=O)N[C@@H](CC(N)=O)C(=O)N[C@@H](Cc1ccc(O)cc1)C(=O)N[C@H](C(=O)O)[C@@H](C)O)[C@@H](C)O)[C@@H](C)O)[C@@H](C)O.O=C(O)C(F)(F)F. The van der Waals surface area contributed by atoms with Crippen LogP contribution in [0, 0.1) is 0 Å². The van der Waals surface area contributed by atoms with Crippen LogP contribution in [-0.2, 0) is 54.4 Å². The molecule has 0 aromatic heterocycles. The van der Waals surface area contributed by atoms with Crippen molar-refractivity contribution in [1.82, 2.24) is 37.2 Å². The first-order chi connectivity index (χ1) is 30.7. The normalized spacial score (nSPS) is 16.5. The molecule has 0 aliphatic carbocycles. The Morgan fingerprint density at radius 1 is 0.552 bits per heavy atom. The van der Waals surface area contributed by atoms with E-state index in [-0.39, 0.29) is 12.2 Å². The van der Waals surface area contributed by atoms with E-state index < -0.39 is 151 Å². The van der Waals surface area contributed by atoms with Gasteiger partial charge in [0, 0.05) is 6.42 Å². The number of nitrogens with one attached hydrogen (secondary N) is 7. The van der Waals surface area contributed by atoms with Gasteiger partial charge in [-0.15, -0.1) is 0 Å². The van der Waals surface area contributed by atoms with Crippen LogP contribution in [0.2, 0.25) is 0 Å². The van der Waals surface area contributed by atoms with Crippen LogP contribution < -0.4 is 48.7 Å². The fraction of sp³-hybridized carbons (Fsp3) is 0.568. The molecule has 1 rings (SSSR count). The molecular weight excluding hydrogens is 915 g/mol. The zero-order valence-electron chi connectivity index (χ0n) is 36.3. The number of halogens is 3. The lowest BCUT2D eigenvalue weighted by atomic mass is 10.0. The van der Waals surface area contributed by atoms with Gasteiger partial charge in [0.1, 0.15) is 42.0 Å². The number of benzene rings is 1. The second-order valence-electron chi connectivity index (χ2n) is 14.7. The molecule has 0 spiro atoms. The summed E-state index contributed by atoms with van der Waals surface area (Å²) in [6.07, 6.45) is -13.2. The Morgan fingerprint density at radius 2 is 0.881 bits per heavy atom. The standard InChI is InChI=1S/C35H55N9O16.C2HF3O2/c1-13(36)28(52)40-22(12-45)31(55)41-25(15(3)47)33(57)43-26(16(4)48)34(58)42-24(14(2)46)32(56)39-21(11-23(37)51)29(53)38-20(10-18-6-8-19(50)9-7-18)30(54)44-27(17(5)49)35(59)60;3-2(4,5)1(6)7/h6-9,13-17,20-22,24-27,45-50H,10-12,36H2,1-5H3,(H2,37,51)(H,38,53)(H,39,56)(H,40,52)(H,41,55)(H,42,58)(H,43,57)(H,44,54)(H,59,60);(H,6,7)/t13-,14+,15+,16+,17+,20-,21-,22-,24-,25-,26-,27-;/m0./s1. The highest BCUT2D eigenvalue weighted by Gasteiger charge is 2.39. The molecule has 8 amide bonds. The molecule has 67 heavy (non-hydrogen) atoms. The lowest BCUT2D eigenvalue weighted by molar-refractivity contribution is -0.192. The van der Waals surface area contributed by atoms with Crippen molar-refractivity contribution in [3.63, 3.8) is 0 Å². The van der Waals surface area contributed by atoms with E-state index in [1.54, 1.807) is 0 Å². The van der Waals surface area contributed by atoms with Crippen LogP contribution in [0.25, 0.3) is 0 Å². The summed E-state index contributed by atoms with van der Waals surface area (Å²) in [5.74, 6) is -14.0. The highest BCUT2D eigenvalue weighted by Crippen LogP contribution is 2.14. The van der Waals surface area contributed by atoms with Crippen molar-refractivity contribution in [2.75, 3.05) is 6.61 Å². The smallest absolute Gasteiger partial charge is 0.490 e. The Hall–Kier alpha value is -6.73. The average molecular weight is 972 g/mol. The molecule has 19 N–H and O–H groups in total. The van der Waals surface area contributed by atoms with E-state index >= 15 is 0 Å². The molecule has 0 saturated carbocycles. The van der Waals surface area contributed by atoms with Gasteiger partial charge in [0.25, 0.3) is 0 Å². The summed E-state index contributed by atoms with van der Waals surface area (Å²) in [7, 11) is 0. The van der Waals surface area contributed by atoms with E-state index in [1.807, 2.05) is 0 Å². The van der Waals surface area contributed by atoms with Crippen LogP contribution in [0.5, 0.6) is 5.75 Å². The van der Waals surface area contributed by atoms with E-state index in [0.717, 1.165) is 27.7 Å². The number of aromatic hydroxyl groups is 1. The first-order valence-corrected chi connectivity index (χ1v) is 19.6. The molecule has 0 aliphatic rings. The molecule has 30 heteroatoms. The van der Waals surface area contributed by atoms with Crippen molar-refractivity contribution in [3.8, 4) is 5.75 Å². The Labute approximate surface area is 378 Å². The van der Waals surface area contributed by atoms with Crippen molar-refractivity contribution in [3.05, 3.63) is 29.8 Å². The van der Waals surface area contributed by atoms with Gasteiger partial charge >= 0.3 is 18.1 Å². The minimum Gasteiger partial charge on any atom is -0.508 e. The van der Waals surface area contributed by atoms with Crippen molar-refractivity contribution < 1.29 is 102 Å². The van der Waals surface area contributed by atoms with Crippen molar-refractivity contribution in [1.29, 1.82) is 0 Å². The fourth-order valence-corrected chi connectivity index (χ4v) is 5.12. The Morgan fingerprint density at radius 3 is 1.22 bits per heavy atom. The summed E-state index contributed by atoms with van der Waals surface area (Å²) in [6, 6.07) is -8.69. The van der Waals surface area contributed by atoms with Gasteiger partial charge in [-0.25, -0.2) is 9.59 Å². The number of alkyl halides is 3. The lowest BCUT2D eigenvalue weighted by Gasteiger charge is -2.29. The number of aliphatic hydroxyl groups is 5. The number of rotatable bonds is 24. The Balaban J connectivity index is 0.00000572. The number of phenols is 1. The third-order valence-corrected chi connectivity index (χ3v) is 8.75. The molecule has 378 valence electrons. The number of carboxylic acids is 2. The molecule has 0 aliphatic heterocycles. The third-order valence-electron chi connectivity index (χ3n) is 8.75. The largest absolute Gasteiger partial charge is 0.508 e. The number of phenolic OH excluding ortho intramolecular Hbond substituents is 1. The number of primary amides is 1. The van der Waals surface area contributed by atoms with Crippen LogP contribution >= 0.6 is 0 Å². The number of hydrogen-bond acceptors (Lipinski definition) is 17.